The first-order valence-corrected chi connectivity index (χ1v) is 5.03. The lowest BCUT2D eigenvalue weighted by atomic mass is 10.1. The minimum Gasteiger partial charge on any atom is -0.478 e. The Hall–Kier alpha value is -2.36. The van der Waals surface area contributed by atoms with Crippen LogP contribution in [0.25, 0.3) is 5.76 Å². The van der Waals surface area contributed by atoms with Gasteiger partial charge in [0.05, 0.1) is 5.57 Å². The standard InChI is InChI=1S/C13H10O4/c1-8(13(15)16)12-10(14)7-11(17-12)9-5-3-2-4-6-9/h2-7H,1H3,(H,15,16). The van der Waals surface area contributed by atoms with Gasteiger partial charge in [-0.3, -0.25) is 4.79 Å². The van der Waals surface area contributed by atoms with Crippen LogP contribution in [0.4, 0.5) is 0 Å². The van der Waals surface area contributed by atoms with Gasteiger partial charge in [-0.15, -0.1) is 0 Å². The molecule has 86 valence electrons. The van der Waals surface area contributed by atoms with Gasteiger partial charge in [-0.1, -0.05) is 30.3 Å². The van der Waals surface area contributed by atoms with E-state index < -0.39 is 11.8 Å². The lowest BCUT2D eigenvalue weighted by Gasteiger charge is -2.05. The van der Waals surface area contributed by atoms with Crippen LogP contribution >= 0.6 is 0 Å². The van der Waals surface area contributed by atoms with Crippen molar-refractivity contribution in [3.05, 3.63) is 53.3 Å². The predicted octanol–water partition coefficient (Wildman–Crippen LogP) is 1.99. The first kappa shape index (κ1) is 11.1. The summed E-state index contributed by atoms with van der Waals surface area (Å²) in [6.07, 6.45) is 1.30. The fourth-order valence-corrected chi connectivity index (χ4v) is 1.48. The minimum absolute atomic E-state index is 0.0859. The number of carbonyl (C=O) groups excluding carboxylic acids is 1. The van der Waals surface area contributed by atoms with E-state index >= 15 is 0 Å². The third-order valence-corrected chi connectivity index (χ3v) is 2.42. The van der Waals surface area contributed by atoms with Crippen LogP contribution in [0.5, 0.6) is 0 Å². The van der Waals surface area contributed by atoms with E-state index in [4.69, 9.17) is 9.84 Å². The molecule has 4 nitrogen and oxygen atoms in total. The molecule has 0 saturated heterocycles. The average Bonchev–Trinajstić information content (AvgIpc) is 2.71. The molecule has 1 aliphatic heterocycles. The first-order chi connectivity index (χ1) is 8.09. The molecule has 0 radical (unpaired) electrons. The van der Waals surface area contributed by atoms with Crippen molar-refractivity contribution in [3.8, 4) is 0 Å². The molecule has 1 N–H and O–H groups in total. The molecule has 17 heavy (non-hydrogen) atoms. The maximum atomic E-state index is 11.6. The lowest BCUT2D eigenvalue weighted by molar-refractivity contribution is -0.133. The Kier molecular flexibility index (Phi) is 2.78. The number of carbonyl (C=O) groups is 2. The fourth-order valence-electron chi connectivity index (χ4n) is 1.48. The summed E-state index contributed by atoms with van der Waals surface area (Å²) in [5.74, 6) is -1.30. The van der Waals surface area contributed by atoms with Crippen molar-refractivity contribution < 1.29 is 19.4 Å². The monoisotopic (exact) mass is 230 g/mol. The molecule has 0 aromatic heterocycles. The van der Waals surface area contributed by atoms with Crippen LogP contribution in [0.2, 0.25) is 0 Å². The topological polar surface area (TPSA) is 63.6 Å². The van der Waals surface area contributed by atoms with Crippen LogP contribution in [-0.2, 0) is 14.3 Å². The zero-order chi connectivity index (χ0) is 12.4. The maximum Gasteiger partial charge on any atom is 0.335 e. The molecule has 1 aromatic carbocycles. The summed E-state index contributed by atoms with van der Waals surface area (Å²) >= 11 is 0. The number of hydrogen-bond donors (Lipinski definition) is 1. The Morgan fingerprint density at radius 1 is 1.24 bits per heavy atom. The van der Waals surface area contributed by atoms with Crippen LogP contribution in [0.15, 0.2) is 47.7 Å². The van der Waals surface area contributed by atoms with Crippen molar-refractivity contribution in [1.29, 1.82) is 0 Å². The minimum atomic E-state index is -1.16. The van der Waals surface area contributed by atoms with Crippen LogP contribution < -0.4 is 0 Å². The molecule has 1 aromatic rings. The van der Waals surface area contributed by atoms with Gasteiger partial charge in [0.1, 0.15) is 5.76 Å². The van der Waals surface area contributed by atoms with E-state index in [1.165, 1.54) is 13.0 Å². The molecule has 1 heterocycles. The molecule has 0 aliphatic carbocycles. The summed E-state index contributed by atoms with van der Waals surface area (Å²) in [6, 6.07) is 9.06. The molecule has 4 heteroatoms. The Bertz CT molecular complexity index is 538. The predicted molar refractivity (Wildman–Crippen MR) is 60.8 cm³/mol. The van der Waals surface area contributed by atoms with Crippen molar-refractivity contribution in [3.63, 3.8) is 0 Å². The molecule has 0 spiro atoms. The maximum absolute atomic E-state index is 11.6. The van der Waals surface area contributed by atoms with Gasteiger partial charge in [-0.2, -0.15) is 0 Å². The molecule has 0 fully saturated rings. The van der Waals surface area contributed by atoms with Gasteiger partial charge in [-0.05, 0) is 6.92 Å². The Balaban J connectivity index is 2.34. The van der Waals surface area contributed by atoms with E-state index in [0.717, 1.165) is 5.56 Å². The summed E-state index contributed by atoms with van der Waals surface area (Å²) in [6.45, 7) is 1.34. The Morgan fingerprint density at radius 3 is 2.47 bits per heavy atom. The van der Waals surface area contributed by atoms with E-state index in [0.29, 0.717) is 5.76 Å². The summed E-state index contributed by atoms with van der Waals surface area (Å²) < 4.78 is 5.29. The molecule has 2 rings (SSSR count). The summed E-state index contributed by atoms with van der Waals surface area (Å²) in [5.41, 5.74) is 0.659. The zero-order valence-electron chi connectivity index (χ0n) is 9.14. The number of benzene rings is 1. The highest BCUT2D eigenvalue weighted by atomic mass is 16.5. The average molecular weight is 230 g/mol. The molecular formula is C13H10O4. The van der Waals surface area contributed by atoms with E-state index in [9.17, 15) is 9.59 Å². The third kappa shape index (κ3) is 2.10. The van der Waals surface area contributed by atoms with Crippen LogP contribution in [-0.4, -0.2) is 16.9 Å². The van der Waals surface area contributed by atoms with Crippen molar-refractivity contribution in [2.24, 2.45) is 0 Å². The van der Waals surface area contributed by atoms with Crippen molar-refractivity contribution in [1.82, 2.24) is 0 Å². The Morgan fingerprint density at radius 2 is 1.88 bits per heavy atom. The molecule has 0 atom stereocenters. The second-order valence-corrected chi connectivity index (χ2v) is 3.60. The summed E-state index contributed by atoms with van der Waals surface area (Å²) in [4.78, 5) is 22.3. The smallest absolute Gasteiger partial charge is 0.335 e. The second kappa shape index (κ2) is 4.25. The molecule has 1 aliphatic rings. The third-order valence-electron chi connectivity index (χ3n) is 2.42. The molecule has 0 bridgehead atoms. The highest BCUT2D eigenvalue weighted by molar-refractivity contribution is 6.13. The fraction of sp³-hybridized carbons (Fsp3) is 0.0769. The molecular weight excluding hydrogens is 220 g/mol. The highest BCUT2D eigenvalue weighted by Crippen LogP contribution is 2.28. The SMILES string of the molecule is CC(C(=O)O)=C1OC(c2ccccc2)=CC1=O. The normalized spacial score (nSPS) is 17.5. The van der Waals surface area contributed by atoms with Crippen molar-refractivity contribution in [2.75, 3.05) is 0 Å². The number of hydrogen-bond acceptors (Lipinski definition) is 3. The van der Waals surface area contributed by atoms with Gasteiger partial charge in [0.25, 0.3) is 0 Å². The summed E-state index contributed by atoms with van der Waals surface area (Å²) in [7, 11) is 0. The quantitative estimate of drug-likeness (QED) is 0.789. The van der Waals surface area contributed by atoms with Gasteiger partial charge in [0, 0.05) is 11.6 Å². The zero-order valence-corrected chi connectivity index (χ0v) is 9.14. The number of ether oxygens (including phenoxy) is 1. The van der Waals surface area contributed by atoms with E-state index in [1.807, 2.05) is 18.2 Å². The van der Waals surface area contributed by atoms with E-state index in [1.54, 1.807) is 12.1 Å². The second-order valence-electron chi connectivity index (χ2n) is 3.60. The van der Waals surface area contributed by atoms with E-state index in [2.05, 4.69) is 0 Å². The van der Waals surface area contributed by atoms with Crippen molar-refractivity contribution in [2.45, 2.75) is 6.92 Å². The number of carboxylic acid groups (broad SMARTS) is 1. The van der Waals surface area contributed by atoms with Gasteiger partial charge in [0.2, 0.25) is 5.78 Å². The van der Waals surface area contributed by atoms with Crippen LogP contribution in [0.1, 0.15) is 12.5 Å². The number of allylic oxidation sites excluding steroid dienone is 1. The van der Waals surface area contributed by atoms with E-state index in [-0.39, 0.29) is 11.3 Å². The molecule has 0 unspecified atom stereocenters. The van der Waals surface area contributed by atoms with Crippen molar-refractivity contribution >= 4 is 17.5 Å². The van der Waals surface area contributed by atoms with Gasteiger partial charge in [0.15, 0.2) is 5.76 Å². The number of aliphatic carboxylic acids is 1. The highest BCUT2D eigenvalue weighted by Gasteiger charge is 2.26. The number of ketones is 1. The largest absolute Gasteiger partial charge is 0.478 e. The molecule has 0 amide bonds. The number of carboxylic acids is 1. The number of rotatable bonds is 2. The van der Waals surface area contributed by atoms with Crippen LogP contribution in [0.3, 0.4) is 0 Å². The molecule has 0 saturated carbocycles. The first-order valence-electron chi connectivity index (χ1n) is 5.03. The van der Waals surface area contributed by atoms with Crippen LogP contribution in [0, 0.1) is 0 Å². The van der Waals surface area contributed by atoms with Gasteiger partial charge >= 0.3 is 5.97 Å². The van der Waals surface area contributed by atoms with Gasteiger partial charge < -0.3 is 9.84 Å². The van der Waals surface area contributed by atoms with Gasteiger partial charge in [-0.25, -0.2) is 4.79 Å². The Labute approximate surface area is 97.8 Å². The lowest BCUT2D eigenvalue weighted by Crippen LogP contribution is -2.05. The summed E-state index contributed by atoms with van der Waals surface area (Å²) in [5, 5.41) is 8.80.